The molecule has 0 atom stereocenters. The van der Waals surface area contributed by atoms with Crippen molar-refractivity contribution in [2.45, 2.75) is 32.9 Å². The van der Waals surface area contributed by atoms with Crippen LogP contribution in [0.15, 0.2) is 40.2 Å². The first-order valence-corrected chi connectivity index (χ1v) is 9.98. The minimum absolute atomic E-state index is 0.147. The maximum absolute atomic E-state index is 13.2. The zero-order valence-corrected chi connectivity index (χ0v) is 16.0. The van der Waals surface area contributed by atoms with Gasteiger partial charge in [0.2, 0.25) is 0 Å². The van der Waals surface area contributed by atoms with E-state index in [2.05, 4.69) is 63.1 Å². The van der Waals surface area contributed by atoms with Gasteiger partial charge in [0, 0.05) is 25.0 Å². The Kier molecular flexibility index (Phi) is 4.22. The maximum Gasteiger partial charge on any atom is 0.270 e. The van der Waals surface area contributed by atoms with Crippen molar-refractivity contribution in [2.24, 2.45) is 0 Å². The highest BCUT2D eigenvalue weighted by molar-refractivity contribution is 9.10. The molecule has 1 aromatic carbocycles. The van der Waals surface area contributed by atoms with Crippen LogP contribution in [0.2, 0.25) is 0 Å². The molecule has 24 heavy (non-hydrogen) atoms. The number of hydrogen-bond donors (Lipinski definition) is 0. The van der Waals surface area contributed by atoms with E-state index in [4.69, 9.17) is 0 Å². The number of nitrogens with zero attached hydrogens (tertiary/aromatic N) is 2. The lowest BCUT2D eigenvalue weighted by molar-refractivity contribution is 0.0724. The number of carbonyl (C=O) groups is 1. The van der Waals surface area contributed by atoms with Crippen molar-refractivity contribution in [1.82, 2.24) is 9.47 Å². The van der Waals surface area contributed by atoms with Gasteiger partial charge in [-0.1, -0.05) is 31.2 Å². The lowest BCUT2D eigenvalue weighted by Gasteiger charge is -2.29. The van der Waals surface area contributed by atoms with Crippen molar-refractivity contribution >= 4 is 43.4 Å². The third-order valence-corrected chi connectivity index (χ3v) is 6.49. The Balaban J connectivity index is 1.70. The molecule has 1 amide bonds. The molecule has 0 spiro atoms. The number of aryl methyl sites for hydroxylation is 1. The summed E-state index contributed by atoms with van der Waals surface area (Å²) in [6.07, 6.45) is 1.95. The van der Waals surface area contributed by atoms with Crippen molar-refractivity contribution in [3.8, 4) is 0 Å². The van der Waals surface area contributed by atoms with Gasteiger partial charge in [0.25, 0.3) is 5.91 Å². The molecule has 5 heteroatoms. The summed E-state index contributed by atoms with van der Waals surface area (Å²) in [6.45, 7) is 4.52. The first-order valence-electron chi connectivity index (χ1n) is 8.31. The van der Waals surface area contributed by atoms with Crippen LogP contribution >= 0.6 is 27.3 Å². The van der Waals surface area contributed by atoms with E-state index < -0.39 is 0 Å². The number of carbonyl (C=O) groups excluding carboxylic acids is 1. The number of benzene rings is 1. The summed E-state index contributed by atoms with van der Waals surface area (Å²) in [4.78, 5) is 15.2. The third kappa shape index (κ3) is 2.60. The number of halogens is 1. The highest BCUT2D eigenvalue weighted by atomic mass is 79.9. The Morgan fingerprint density at radius 3 is 2.88 bits per heavy atom. The second-order valence-corrected chi connectivity index (χ2v) is 7.99. The molecule has 0 unspecified atom stereocenters. The summed E-state index contributed by atoms with van der Waals surface area (Å²) in [5.74, 6) is 0.147. The topological polar surface area (TPSA) is 25.2 Å². The predicted octanol–water partition coefficient (Wildman–Crippen LogP) is 5.07. The molecular formula is C19H19BrN2OS. The summed E-state index contributed by atoms with van der Waals surface area (Å²) in [5.41, 5.74) is 4.62. The Labute approximate surface area is 154 Å². The third-order valence-electron chi connectivity index (χ3n) is 4.66. The molecule has 0 saturated heterocycles. The van der Waals surface area contributed by atoms with Gasteiger partial charge < -0.3 is 9.47 Å². The summed E-state index contributed by atoms with van der Waals surface area (Å²) < 4.78 is 4.44. The molecule has 2 aromatic heterocycles. The van der Waals surface area contributed by atoms with Crippen molar-refractivity contribution in [3.05, 3.63) is 57.0 Å². The first-order chi connectivity index (χ1) is 11.7. The van der Waals surface area contributed by atoms with Crippen LogP contribution in [0.3, 0.4) is 0 Å². The Bertz CT molecular complexity index is 911. The van der Waals surface area contributed by atoms with E-state index in [1.165, 1.54) is 15.8 Å². The lowest BCUT2D eigenvalue weighted by atomic mass is 10.00. The molecule has 4 rings (SSSR count). The van der Waals surface area contributed by atoms with Crippen molar-refractivity contribution in [1.29, 1.82) is 0 Å². The second-order valence-electron chi connectivity index (χ2n) is 6.22. The fourth-order valence-corrected chi connectivity index (χ4v) is 5.19. The summed E-state index contributed by atoms with van der Waals surface area (Å²) in [5, 5.41) is 2.10. The molecule has 0 N–H and O–H groups in total. The van der Waals surface area contributed by atoms with Crippen LogP contribution in [0, 0.1) is 0 Å². The molecular weight excluding hydrogens is 384 g/mol. The van der Waals surface area contributed by atoms with Crippen LogP contribution in [-0.4, -0.2) is 21.9 Å². The summed E-state index contributed by atoms with van der Waals surface area (Å²) in [7, 11) is 0. The Hall–Kier alpha value is -1.59. The number of fused-ring (bicyclic) bond motifs is 2. The second kappa shape index (κ2) is 6.37. The quantitative estimate of drug-likeness (QED) is 0.599. The molecule has 0 fully saturated rings. The average molecular weight is 403 g/mol. The minimum atomic E-state index is 0.147. The van der Waals surface area contributed by atoms with Gasteiger partial charge in [-0.15, -0.1) is 11.3 Å². The van der Waals surface area contributed by atoms with Crippen LogP contribution in [-0.2, 0) is 19.5 Å². The van der Waals surface area contributed by atoms with Crippen LogP contribution in [0.4, 0.5) is 0 Å². The van der Waals surface area contributed by atoms with Crippen molar-refractivity contribution in [2.75, 3.05) is 6.54 Å². The van der Waals surface area contributed by atoms with Crippen molar-refractivity contribution < 1.29 is 4.79 Å². The van der Waals surface area contributed by atoms with Crippen LogP contribution in [0.1, 0.15) is 35.0 Å². The summed E-state index contributed by atoms with van der Waals surface area (Å²) in [6, 6.07) is 10.5. The highest BCUT2D eigenvalue weighted by Crippen LogP contribution is 2.34. The number of rotatable bonds is 3. The fourth-order valence-electron chi connectivity index (χ4n) is 3.50. The number of amides is 1. The molecule has 1 aliphatic rings. The number of thiophene rings is 1. The number of aromatic nitrogens is 1. The van der Waals surface area contributed by atoms with Gasteiger partial charge in [-0.3, -0.25) is 4.79 Å². The van der Waals surface area contributed by atoms with Crippen LogP contribution < -0.4 is 0 Å². The molecule has 0 aliphatic carbocycles. The van der Waals surface area contributed by atoms with E-state index in [0.29, 0.717) is 6.54 Å². The maximum atomic E-state index is 13.2. The average Bonchev–Trinajstić information content (AvgIpc) is 3.15. The molecule has 0 radical (unpaired) electrons. The zero-order valence-electron chi connectivity index (χ0n) is 13.6. The first kappa shape index (κ1) is 15.9. The zero-order chi connectivity index (χ0) is 16.7. The van der Waals surface area contributed by atoms with Crippen molar-refractivity contribution in [3.63, 3.8) is 0 Å². The Morgan fingerprint density at radius 2 is 2.08 bits per heavy atom. The predicted molar refractivity (Wildman–Crippen MR) is 103 cm³/mol. The summed E-state index contributed by atoms with van der Waals surface area (Å²) >= 11 is 5.32. The molecule has 1 aliphatic heterocycles. The number of hydrogen-bond acceptors (Lipinski definition) is 2. The fraction of sp³-hybridized carbons (Fsp3) is 0.316. The van der Waals surface area contributed by atoms with E-state index in [-0.39, 0.29) is 5.91 Å². The van der Waals surface area contributed by atoms with Crippen LogP contribution in [0.25, 0.3) is 10.2 Å². The van der Waals surface area contributed by atoms with Gasteiger partial charge in [0.1, 0.15) is 5.69 Å². The van der Waals surface area contributed by atoms with E-state index >= 15 is 0 Å². The van der Waals surface area contributed by atoms with Gasteiger partial charge in [0.05, 0.1) is 14.7 Å². The molecule has 3 nitrogen and oxygen atoms in total. The van der Waals surface area contributed by atoms with Gasteiger partial charge in [-0.25, -0.2) is 0 Å². The van der Waals surface area contributed by atoms with Gasteiger partial charge >= 0.3 is 0 Å². The molecule has 0 saturated carbocycles. The van der Waals surface area contributed by atoms with E-state index in [1.807, 2.05) is 4.90 Å². The monoisotopic (exact) mass is 402 g/mol. The highest BCUT2D eigenvalue weighted by Gasteiger charge is 2.25. The molecule has 3 aromatic rings. The van der Waals surface area contributed by atoms with Gasteiger partial charge in [-0.2, -0.15) is 0 Å². The van der Waals surface area contributed by atoms with Crippen LogP contribution in [0.5, 0.6) is 0 Å². The van der Waals surface area contributed by atoms with E-state index in [1.54, 1.807) is 11.3 Å². The van der Waals surface area contributed by atoms with E-state index in [0.717, 1.165) is 41.6 Å². The van der Waals surface area contributed by atoms with Gasteiger partial charge in [0.15, 0.2) is 0 Å². The molecule has 124 valence electrons. The molecule has 0 bridgehead atoms. The van der Waals surface area contributed by atoms with E-state index in [9.17, 15) is 4.79 Å². The smallest absolute Gasteiger partial charge is 0.270 e. The standard InChI is InChI=1S/C19H19BrN2OS/c1-2-8-22-16(10-17-18(22)15(20)12-24-17)19(23)21-9-7-13-5-3-4-6-14(13)11-21/h3-6,10,12H,2,7-9,11H2,1H3. The minimum Gasteiger partial charge on any atom is -0.335 e. The van der Waals surface area contributed by atoms with Gasteiger partial charge in [-0.05, 0) is 46.0 Å². The lowest BCUT2D eigenvalue weighted by Crippen LogP contribution is -2.37. The SMILES string of the molecule is CCCn1c(C(=O)N2CCc3ccccc3C2)cc2scc(Br)c21. The largest absolute Gasteiger partial charge is 0.335 e. The normalized spacial score (nSPS) is 14.2. The Morgan fingerprint density at radius 1 is 1.29 bits per heavy atom. The molecule has 3 heterocycles.